The molecule has 0 aromatic rings. The summed E-state index contributed by atoms with van der Waals surface area (Å²) in [4.78, 5) is 0. The maximum atomic E-state index is 9.06. The van der Waals surface area contributed by atoms with E-state index in [0.717, 1.165) is 18.9 Å². The van der Waals surface area contributed by atoms with Gasteiger partial charge >= 0.3 is 0 Å². The lowest BCUT2D eigenvalue weighted by Crippen LogP contribution is -2.49. The summed E-state index contributed by atoms with van der Waals surface area (Å²) < 4.78 is 0. The van der Waals surface area contributed by atoms with Crippen LogP contribution in [0.15, 0.2) is 0 Å². The second-order valence-corrected chi connectivity index (χ2v) is 2.83. The van der Waals surface area contributed by atoms with Crippen molar-refractivity contribution in [2.75, 3.05) is 6.54 Å². The summed E-state index contributed by atoms with van der Waals surface area (Å²) in [5.41, 5.74) is 0. The highest BCUT2D eigenvalue weighted by atomic mass is 35.5. The van der Waals surface area contributed by atoms with Gasteiger partial charge in [-0.2, -0.15) is 0 Å². The summed E-state index contributed by atoms with van der Waals surface area (Å²) in [5.74, 6) is 0.810. The predicted octanol–water partition coefficient (Wildman–Crippen LogP) is 0.151. The summed E-state index contributed by atoms with van der Waals surface area (Å²) in [7, 11) is 0. The van der Waals surface area contributed by atoms with E-state index in [1.165, 1.54) is 6.42 Å². The molecule has 2 N–H and O–H groups in total. The van der Waals surface area contributed by atoms with Crippen LogP contribution in [0.25, 0.3) is 0 Å². The summed E-state index contributed by atoms with van der Waals surface area (Å²) in [6.07, 6.45) is 2.29. The molecule has 1 heterocycles. The van der Waals surface area contributed by atoms with Crippen molar-refractivity contribution in [3.63, 3.8) is 0 Å². The Morgan fingerprint density at radius 2 is 2.22 bits per heavy atom. The van der Waals surface area contributed by atoms with Crippen molar-refractivity contribution in [3.8, 4) is 0 Å². The zero-order chi connectivity index (χ0) is 5.56. The Morgan fingerprint density at radius 3 is 2.67 bits per heavy atom. The fourth-order valence-electron chi connectivity index (χ4n) is 1.76. The Hall–Kier alpha value is 0.210. The number of hydrogen-bond donors (Lipinski definition) is 2. The monoisotopic (exact) mass is 149 g/mol. The van der Waals surface area contributed by atoms with Gasteiger partial charge in [0.1, 0.15) is 0 Å². The number of hydrogen-bond acceptors (Lipinski definition) is 2. The summed E-state index contributed by atoms with van der Waals surface area (Å²) in [5, 5.41) is 12.3. The number of fused-ring (bicyclic) bond motifs is 1. The van der Waals surface area contributed by atoms with Gasteiger partial charge < -0.3 is 10.4 Å². The molecular weight excluding hydrogens is 138 g/mol. The van der Waals surface area contributed by atoms with E-state index in [-0.39, 0.29) is 18.5 Å². The first kappa shape index (κ1) is 7.32. The molecule has 1 aliphatic heterocycles. The number of rotatable bonds is 0. The molecular formula is C6H12ClNO. The van der Waals surface area contributed by atoms with Gasteiger partial charge in [-0.05, 0) is 25.3 Å². The second-order valence-electron chi connectivity index (χ2n) is 2.83. The first-order valence-electron chi connectivity index (χ1n) is 3.29. The Balaban J connectivity index is 0.000000405. The van der Waals surface area contributed by atoms with Crippen LogP contribution in [0.4, 0.5) is 0 Å². The van der Waals surface area contributed by atoms with Crippen LogP contribution < -0.4 is 5.32 Å². The average molecular weight is 150 g/mol. The number of aliphatic hydroxyl groups is 1. The van der Waals surface area contributed by atoms with Crippen LogP contribution in [0.3, 0.4) is 0 Å². The summed E-state index contributed by atoms with van der Waals surface area (Å²) >= 11 is 0. The van der Waals surface area contributed by atoms with Crippen LogP contribution >= 0.6 is 12.4 Å². The van der Waals surface area contributed by atoms with E-state index in [1.807, 2.05) is 0 Å². The molecule has 0 aromatic heterocycles. The summed E-state index contributed by atoms with van der Waals surface area (Å²) in [6.45, 7) is 1.12. The van der Waals surface area contributed by atoms with E-state index in [9.17, 15) is 0 Å². The first-order chi connectivity index (χ1) is 3.88. The molecule has 0 spiro atoms. The van der Waals surface area contributed by atoms with E-state index < -0.39 is 0 Å². The normalized spacial score (nSPS) is 47.0. The minimum Gasteiger partial charge on any atom is -0.391 e. The van der Waals surface area contributed by atoms with Gasteiger partial charge in [-0.15, -0.1) is 12.4 Å². The molecule has 2 aliphatic rings. The highest BCUT2D eigenvalue weighted by Crippen LogP contribution is 2.34. The fraction of sp³-hybridized carbons (Fsp3) is 1.00. The van der Waals surface area contributed by atoms with Gasteiger partial charge in [-0.3, -0.25) is 0 Å². The van der Waals surface area contributed by atoms with Gasteiger partial charge in [0.15, 0.2) is 0 Å². The third kappa shape index (κ3) is 0.955. The molecule has 3 heteroatoms. The van der Waals surface area contributed by atoms with E-state index in [1.54, 1.807) is 0 Å². The molecule has 1 saturated carbocycles. The predicted molar refractivity (Wildman–Crippen MR) is 37.8 cm³/mol. The van der Waals surface area contributed by atoms with Crippen molar-refractivity contribution in [3.05, 3.63) is 0 Å². The van der Waals surface area contributed by atoms with Crippen LogP contribution in [0.2, 0.25) is 0 Å². The summed E-state index contributed by atoms with van der Waals surface area (Å²) in [6, 6.07) is 0.468. The van der Waals surface area contributed by atoms with Gasteiger partial charge in [-0.25, -0.2) is 0 Å². The van der Waals surface area contributed by atoms with Crippen molar-refractivity contribution >= 4 is 12.4 Å². The minimum absolute atomic E-state index is 0. The molecule has 2 fully saturated rings. The van der Waals surface area contributed by atoms with Crippen LogP contribution in [0.1, 0.15) is 12.8 Å². The third-order valence-corrected chi connectivity index (χ3v) is 2.36. The number of aliphatic hydroxyl groups excluding tert-OH is 1. The topological polar surface area (TPSA) is 32.3 Å². The Labute approximate surface area is 61.0 Å². The lowest BCUT2D eigenvalue weighted by molar-refractivity contribution is 0.0207. The Morgan fingerprint density at radius 1 is 1.44 bits per heavy atom. The smallest absolute Gasteiger partial charge is 0.0699 e. The zero-order valence-corrected chi connectivity index (χ0v) is 6.03. The van der Waals surface area contributed by atoms with E-state index in [4.69, 9.17) is 5.11 Å². The SMILES string of the molecule is Cl.OC1CC2CCNC12. The molecule has 0 aromatic carbocycles. The highest BCUT2D eigenvalue weighted by molar-refractivity contribution is 5.85. The Kier molecular flexibility index (Phi) is 1.99. The minimum atomic E-state index is -0.0255. The van der Waals surface area contributed by atoms with Gasteiger partial charge in [0.05, 0.1) is 6.10 Å². The van der Waals surface area contributed by atoms with Crippen molar-refractivity contribution in [1.82, 2.24) is 5.32 Å². The molecule has 9 heavy (non-hydrogen) atoms. The van der Waals surface area contributed by atoms with Crippen LogP contribution in [-0.2, 0) is 0 Å². The number of halogens is 1. The standard InChI is InChI=1S/C6H11NO.ClH/c8-5-3-4-1-2-7-6(4)5;/h4-8H,1-3H2;1H. The van der Waals surface area contributed by atoms with Crippen LogP contribution in [0.5, 0.6) is 0 Å². The van der Waals surface area contributed by atoms with Crippen LogP contribution in [0, 0.1) is 5.92 Å². The molecule has 3 unspecified atom stereocenters. The molecule has 0 bridgehead atoms. The third-order valence-electron chi connectivity index (χ3n) is 2.36. The van der Waals surface area contributed by atoms with Gasteiger partial charge in [0.2, 0.25) is 0 Å². The van der Waals surface area contributed by atoms with Crippen molar-refractivity contribution in [1.29, 1.82) is 0 Å². The molecule has 3 atom stereocenters. The molecule has 1 aliphatic carbocycles. The molecule has 54 valence electrons. The van der Waals surface area contributed by atoms with Gasteiger partial charge in [0, 0.05) is 6.04 Å². The molecule has 1 saturated heterocycles. The van der Waals surface area contributed by atoms with E-state index >= 15 is 0 Å². The molecule has 2 rings (SSSR count). The van der Waals surface area contributed by atoms with Gasteiger partial charge in [0.25, 0.3) is 0 Å². The van der Waals surface area contributed by atoms with Crippen molar-refractivity contribution < 1.29 is 5.11 Å². The van der Waals surface area contributed by atoms with Crippen molar-refractivity contribution in [2.45, 2.75) is 25.0 Å². The zero-order valence-electron chi connectivity index (χ0n) is 5.21. The fourth-order valence-corrected chi connectivity index (χ4v) is 1.76. The molecule has 2 nitrogen and oxygen atoms in total. The maximum absolute atomic E-state index is 9.06. The highest BCUT2D eigenvalue weighted by Gasteiger charge is 2.42. The van der Waals surface area contributed by atoms with Crippen molar-refractivity contribution in [2.24, 2.45) is 5.92 Å². The second kappa shape index (κ2) is 2.45. The largest absolute Gasteiger partial charge is 0.391 e. The molecule has 0 amide bonds. The Bertz CT molecular complexity index is 109. The lowest BCUT2D eigenvalue weighted by Gasteiger charge is -2.35. The maximum Gasteiger partial charge on any atom is 0.0699 e. The quantitative estimate of drug-likeness (QED) is 0.514. The van der Waals surface area contributed by atoms with E-state index in [0.29, 0.717) is 6.04 Å². The molecule has 0 radical (unpaired) electrons. The van der Waals surface area contributed by atoms with Crippen LogP contribution in [-0.4, -0.2) is 23.8 Å². The lowest BCUT2D eigenvalue weighted by atomic mass is 9.78. The van der Waals surface area contributed by atoms with E-state index in [2.05, 4.69) is 5.32 Å². The first-order valence-corrected chi connectivity index (χ1v) is 3.29. The van der Waals surface area contributed by atoms with Gasteiger partial charge in [-0.1, -0.05) is 0 Å². The number of nitrogens with one attached hydrogen (secondary N) is 1. The average Bonchev–Trinajstić information content (AvgIpc) is 2.09.